The van der Waals surface area contributed by atoms with E-state index in [9.17, 15) is 9.59 Å². The number of ether oxygens (including phenoxy) is 4. The summed E-state index contributed by atoms with van der Waals surface area (Å²) in [6.45, 7) is 4.52. The third kappa shape index (κ3) is 5.00. The Kier molecular flexibility index (Phi) is 7.77. The van der Waals surface area contributed by atoms with E-state index in [0.29, 0.717) is 55.0 Å². The number of anilines is 1. The lowest BCUT2D eigenvalue weighted by molar-refractivity contribution is -0.153. The molecule has 0 spiro atoms. The van der Waals surface area contributed by atoms with Gasteiger partial charge < -0.3 is 28.7 Å². The molecule has 192 valence electrons. The molecule has 1 aromatic carbocycles. The van der Waals surface area contributed by atoms with Crippen molar-refractivity contribution in [2.75, 3.05) is 59.0 Å². The number of benzene rings is 1. The number of aromatic nitrogens is 1. The second-order valence-electron chi connectivity index (χ2n) is 8.24. The largest absolute Gasteiger partial charge is 0.493 e. The second kappa shape index (κ2) is 11.1. The van der Waals surface area contributed by atoms with Crippen molar-refractivity contribution in [3.05, 3.63) is 42.1 Å². The first-order valence-electron chi connectivity index (χ1n) is 11.8. The van der Waals surface area contributed by atoms with E-state index in [1.54, 1.807) is 25.3 Å². The molecule has 2 aliphatic rings. The minimum Gasteiger partial charge on any atom is -0.493 e. The summed E-state index contributed by atoms with van der Waals surface area (Å²) in [7, 11) is 4.52. The van der Waals surface area contributed by atoms with Gasteiger partial charge in [0.1, 0.15) is 11.9 Å². The number of hydrogen-bond donors (Lipinski definition) is 1. The predicted octanol–water partition coefficient (Wildman–Crippen LogP) is 1.64. The summed E-state index contributed by atoms with van der Waals surface area (Å²) in [5.74, 6) is 0.269. The molecule has 0 aliphatic carbocycles. The van der Waals surface area contributed by atoms with Gasteiger partial charge in [0.25, 0.3) is 0 Å². The highest BCUT2D eigenvalue weighted by atomic mass is 16.5. The first-order chi connectivity index (χ1) is 17.5. The minimum absolute atomic E-state index is 0.149. The Labute approximate surface area is 210 Å². The van der Waals surface area contributed by atoms with Crippen LogP contribution >= 0.6 is 0 Å². The number of carbonyl (C=O) groups is 2. The normalized spacial score (nSPS) is 19.8. The number of methoxy groups -OCH3 is 3. The summed E-state index contributed by atoms with van der Waals surface area (Å²) in [5, 5.41) is 2.82. The molecule has 11 heteroatoms. The number of piperazine rings is 1. The number of nitrogens with one attached hydrogen (secondary N) is 1. The molecule has 0 bridgehead atoms. The van der Waals surface area contributed by atoms with Crippen LogP contribution in [0.5, 0.6) is 17.2 Å². The Morgan fingerprint density at radius 2 is 1.69 bits per heavy atom. The smallest absolute Gasteiger partial charge is 0.321 e. The third-order valence-electron chi connectivity index (χ3n) is 6.22. The highest BCUT2D eigenvalue weighted by molar-refractivity contribution is 6.08. The van der Waals surface area contributed by atoms with Gasteiger partial charge in [-0.05, 0) is 36.8 Å². The lowest BCUT2D eigenvalue weighted by Gasteiger charge is -2.39. The Balaban J connectivity index is 1.67. The number of aliphatic imine (C=N–C) groups is 1. The van der Waals surface area contributed by atoms with Gasteiger partial charge in [-0.2, -0.15) is 0 Å². The van der Waals surface area contributed by atoms with Gasteiger partial charge in [-0.1, -0.05) is 6.07 Å². The first kappa shape index (κ1) is 25.1. The van der Waals surface area contributed by atoms with Crippen LogP contribution in [0, 0.1) is 5.92 Å². The molecule has 2 aromatic rings. The number of pyridine rings is 1. The van der Waals surface area contributed by atoms with Crippen molar-refractivity contribution in [1.29, 1.82) is 0 Å². The lowest BCUT2D eigenvalue weighted by Crippen LogP contribution is -2.57. The van der Waals surface area contributed by atoms with E-state index < -0.39 is 23.8 Å². The fourth-order valence-electron chi connectivity index (χ4n) is 4.43. The predicted molar refractivity (Wildman–Crippen MR) is 133 cm³/mol. The van der Waals surface area contributed by atoms with E-state index >= 15 is 0 Å². The molecule has 11 nitrogen and oxygen atoms in total. The summed E-state index contributed by atoms with van der Waals surface area (Å²) >= 11 is 0. The van der Waals surface area contributed by atoms with Crippen LogP contribution in [0.4, 0.5) is 5.82 Å². The highest BCUT2D eigenvalue weighted by Crippen LogP contribution is 2.42. The van der Waals surface area contributed by atoms with E-state index in [2.05, 4.69) is 15.2 Å². The molecule has 36 heavy (non-hydrogen) atoms. The van der Waals surface area contributed by atoms with Crippen LogP contribution in [0.1, 0.15) is 18.5 Å². The Morgan fingerprint density at radius 3 is 2.25 bits per heavy atom. The maximum atomic E-state index is 13.2. The van der Waals surface area contributed by atoms with Gasteiger partial charge in [-0.25, -0.2) is 9.98 Å². The van der Waals surface area contributed by atoms with Crippen molar-refractivity contribution in [3.63, 3.8) is 0 Å². The molecule has 1 saturated heterocycles. The molecule has 4 rings (SSSR count). The number of esters is 1. The zero-order valence-corrected chi connectivity index (χ0v) is 20.9. The van der Waals surface area contributed by atoms with Gasteiger partial charge in [0.05, 0.1) is 27.9 Å². The van der Waals surface area contributed by atoms with Crippen molar-refractivity contribution >= 4 is 23.7 Å². The molecule has 1 amide bonds. The van der Waals surface area contributed by atoms with Crippen molar-refractivity contribution in [1.82, 2.24) is 15.2 Å². The molecule has 1 aromatic heterocycles. The maximum Gasteiger partial charge on any atom is 0.321 e. The Morgan fingerprint density at radius 1 is 1.03 bits per heavy atom. The second-order valence-corrected chi connectivity index (χ2v) is 8.24. The van der Waals surface area contributed by atoms with Crippen LogP contribution < -0.4 is 24.4 Å². The van der Waals surface area contributed by atoms with Gasteiger partial charge in [-0.15, -0.1) is 0 Å². The average Bonchev–Trinajstić information content (AvgIpc) is 2.92. The SMILES string of the molecule is CCOC(=O)[C@@H]1C(=O)NC(N2CCN(c3ccccn3)CC2)=N[C@@H]1c1cc(OC)c(OC)c(OC)c1. The fraction of sp³-hybridized carbons (Fsp3) is 0.440. The molecule has 0 radical (unpaired) electrons. The van der Waals surface area contributed by atoms with Gasteiger partial charge in [0.2, 0.25) is 17.6 Å². The monoisotopic (exact) mass is 497 g/mol. The molecule has 1 fully saturated rings. The number of hydrogen-bond acceptors (Lipinski definition) is 10. The zero-order valence-electron chi connectivity index (χ0n) is 20.9. The van der Waals surface area contributed by atoms with Gasteiger partial charge >= 0.3 is 5.97 Å². The summed E-state index contributed by atoms with van der Waals surface area (Å²) in [6.07, 6.45) is 1.77. The minimum atomic E-state index is -1.16. The number of rotatable bonds is 7. The fourth-order valence-corrected chi connectivity index (χ4v) is 4.43. The zero-order chi connectivity index (χ0) is 25.7. The molecule has 1 N–H and O–H groups in total. The summed E-state index contributed by atoms with van der Waals surface area (Å²) in [4.78, 5) is 39.5. The van der Waals surface area contributed by atoms with Crippen LogP contribution in [-0.4, -0.2) is 81.8 Å². The van der Waals surface area contributed by atoms with Crippen LogP contribution in [0.2, 0.25) is 0 Å². The quantitative estimate of drug-likeness (QED) is 0.450. The van der Waals surface area contributed by atoms with E-state index in [-0.39, 0.29) is 6.61 Å². The molecule has 2 atom stereocenters. The number of nitrogens with zero attached hydrogens (tertiary/aromatic N) is 4. The van der Waals surface area contributed by atoms with Crippen LogP contribution in [0.3, 0.4) is 0 Å². The van der Waals surface area contributed by atoms with E-state index in [1.807, 2.05) is 23.1 Å². The van der Waals surface area contributed by atoms with Crippen LogP contribution in [0.15, 0.2) is 41.5 Å². The van der Waals surface area contributed by atoms with Gasteiger partial charge in [0.15, 0.2) is 17.4 Å². The Hall–Kier alpha value is -4.02. The van der Waals surface area contributed by atoms with Crippen molar-refractivity contribution in [2.45, 2.75) is 13.0 Å². The first-order valence-corrected chi connectivity index (χ1v) is 11.8. The molecular formula is C25H31N5O6. The van der Waals surface area contributed by atoms with Crippen LogP contribution in [0.25, 0.3) is 0 Å². The molecular weight excluding hydrogens is 466 g/mol. The van der Waals surface area contributed by atoms with Crippen LogP contribution in [-0.2, 0) is 14.3 Å². The van der Waals surface area contributed by atoms with E-state index in [1.165, 1.54) is 21.3 Å². The molecule has 0 unspecified atom stereocenters. The van der Waals surface area contributed by atoms with Crippen molar-refractivity contribution in [3.8, 4) is 17.2 Å². The summed E-state index contributed by atoms with van der Waals surface area (Å²) in [6, 6.07) is 8.39. The van der Waals surface area contributed by atoms with Crippen molar-refractivity contribution < 1.29 is 28.5 Å². The average molecular weight is 498 g/mol. The van der Waals surface area contributed by atoms with Crippen molar-refractivity contribution in [2.24, 2.45) is 10.9 Å². The number of carbonyl (C=O) groups excluding carboxylic acids is 2. The number of guanidine groups is 1. The van der Waals surface area contributed by atoms with E-state index in [0.717, 1.165) is 5.82 Å². The lowest BCUT2D eigenvalue weighted by atomic mass is 9.90. The maximum absolute atomic E-state index is 13.2. The van der Waals surface area contributed by atoms with Gasteiger partial charge in [0, 0.05) is 32.4 Å². The van der Waals surface area contributed by atoms with Gasteiger partial charge in [-0.3, -0.25) is 14.9 Å². The standard InChI is InChI=1S/C25H31N5O6/c1-5-36-24(32)20-21(16-14-17(33-2)22(35-4)18(15-16)34-3)27-25(28-23(20)31)30-12-10-29(11-13-30)19-8-6-7-9-26-19/h6-9,14-15,20-21H,5,10-13H2,1-4H3,(H,27,28,31)/t20-,21+/m0/s1. The third-order valence-corrected chi connectivity index (χ3v) is 6.22. The molecule has 3 heterocycles. The highest BCUT2D eigenvalue weighted by Gasteiger charge is 2.43. The molecule has 0 saturated carbocycles. The van der Waals surface area contributed by atoms with E-state index in [4.69, 9.17) is 23.9 Å². The summed E-state index contributed by atoms with van der Waals surface area (Å²) < 4.78 is 21.6. The summed E-state index contributed by atoms with van der Waals surface area (Å²) in [5.41, 5.74) is 0.571. The molecule has 2 aliphatic heterocycles. The Bertz CT molecular complexity index is 1090. The number of amides is 1. The topological polar surface area (TPSA) is 115 Å².